The van der Waals surface area contributed by atoms with E-state index in [0.717, 1.165) is 12.0 Å². The summed E-state index contributed by atoms with van der Waals surface area (Å²) in [5, 5.41) is 9.04. The number of hydrogen-bond donors (Lipinski definition) is 1. The van der Waals surface area contributed by atoms with E-state index in [-0.39, 0.29) is 18.5 Å². The Morgan fingerprint density at radius 3 is 2.45 bits per heavy atom. The number of carbonyl (C=O) groups is 2. The van der Waals surface area contributed by atoms with Gasteiger partial charge in [-0.25, -0.2) is 0 Å². The number of aryl methyl sites for hydroxylation is 1. The van der Waals surface area contributed by atoms with Crippen molar-refractivity contribution in [2.24, 2.45) is 5.92 Å². The molecular formula is C16H23NO3. The van der Waals surface area contributed by atoms with Crippen LogP contribution in [0.5, 0.6) is 0 Å². The lowest BCUT2D eigenvalue weighted by Gasteiger charge is -2.30. The number of carboxylic acid groups (broad SMARTS) is 1. The number of benzene rings is 1. The van der Waals surface area contributed by atoms with Crippen molar-refractivity contribution in [3.63, 3.8) is 0 Å². The number of rotatable bonds is 6. The van der Waals surface area contributed by atoms with Crippen LogP contribution >= 0.6 is 0 Å². The van der Waals surface area contributed by atoms with Gasteiger partial charge < -0.3 is 10.0 Å². The van der Waals surface area contributed by atoms with E-state index >= 15 is 0 Å². The van der Waals surface area contributed by atoms with Gasteiger partial charge in [-0.2, -0.15) is 0 Å². The van der Waals surface area contributed by atoms with Gasteiger partial charge in [-0.05, 0) is 32.4 Å². The van der Waals surface area contributed by atoms with Gasteiger partial charge in [0.25, 0.3) is 5.91 Å². The molecule has 0 aliphatic carbocycles. The highest BCUT2D eigenvalue weighted by Gasteiger charge is 2.25. The molecule has 1 rings (SSSR count). The molecule has 4 heteroatoms. The molecule has 0 aromatic heterocycles. The third kappa shape index (κ3) is 4.08. The summed E-state index contributed by atoms with van der Waals surface area (Å²) in [7, 11) is 0. The van der Waals surface area contributed by atoms with Gasteiger partial charge in [-0.3, -0.25) is 9.59 Å². The topological polar surface area (TPSA) is 57.6 Å². The monoisotopic (exact) mass is 277 g/mol. The molecule has 110 valence electrons. The fraction of sp³-hybridized carbons (Fsp3) is 0.500. The Kier molecular flexibility index (Phi) is 5.74. The molecular weight excluding hydrogens is 254 g/mol. The number of hydrogen-bond acceptors (Lipinski definition) is 2. The maximum atomic E-state index is 12.6. The number of carbonyl (C=O) groups excluding carboxylic acids is 1. The molecule has 1 N–H and O–H groups in total. The average Bonchev–Trinajstić information content (AvgIpc) is 2.42. The van der Waals surface area contributed by atoms with E-state index in [1.54, 1.807) is 17.9 Å². The lowest BCUT2D eigenvalue weighted by atomic mass is 10.1. The molecule has 4 nitrogen and oxygen atoms in total. The molecule has 0 fully saturated rings. The summed E-state index contributed by atoms with van der Waals surface area (Å²) in [6, 6.07) is 7.41. The van der Waals surface area contributed by atoms with Crippen LogP contribution in [0.25, 0.3) is 0 Å². The molecule has 0 aliphatic rings. The van der Waals surface area contributed by atoms with Gasteiger partial charge in [-0.1, -0.05) is 31.5 Å². The molecule has 1 amide bonds. The van der Waals surface area contributed by atoms with Crippen molar-refractivity contribution in [2.75, 3.05) is 6.54 Å². The minimum Gasteiger partial charge on any atom is -0.481 e. The molecule has 1 aromatic carbocycles. The molecule has 1 aromatic rings. The van der Waals surface area contributed by atoms with Crippen LogP contribution in [0.15, 0.2) is 24.3 Å². The SMILES string of the molecule is CCC(C)N(CC(C)C(=O)O)C(=O)c1cccc(C)c1. The highest BCUT2D eigenvalue weighted by Crippen LogP contribution is 2.14. The number of amides is 1. The summed E-state index contributed by atoms with van der Waals surface area (Å²) >= 11 is 0. The maximum Gasteiger partial charge on any atom is 0.308 e. The Morgan fingerprint density at radius 2 is 1.95 bits per heavy atom. The average molecular weight is 277 g/mol. The number of carboxylic acids is 1. The van der Waals surface area contributed by atoms with Crippen LogP contribution in [0.2, 0.25) is 0 Å². The van der Waals surface area contributed by atoms with Crippen LogP contribution in [0.1, 0.15) is 43.1 Å². The summed E-state index contributed by atoms with van der Waals surface area (Å²) < 4.78 is 0. The Balaban J connectivity index is 2.98. The minimum absolute atomic E-state index is 0.0183. The van der Waals surface area contributed by atoms with Gasteiger partial charge in [0, 0.05) is 18.2 Å². The first kappa shape index (κ1) is 16.2. The second kappa shape index (κ2) is 7.08. The second-order valence-corrected chi connectivity index (χ2v) is 5.32. The summed E-state index contributed by atoms with van der Waals surface area (Å²) in [5.74, 6) is -1.55. The Morgan fingerprint density at radius 1 is 1.30 bits per heavy atom. The van der Waals surface area contributed by atoms with Crippen LogP contribution in [0, 0.1) is 12.8 Å². The van der Waals surface area contributed by atoms with Crippen LogP contribution in [-0.2, 0) is 4.79 Å². The van der Waals surface area contributed by atoms with E-state index in [1.165, 1.54) is 0 Å². The summed E-state index contributed by atoms with van der Waals surface area (Å²) in [5.41, 5.74) is 1.63. The predicted octanol–water partition coefficient (Wildman–Crippen LogP) is 2.96. The molecule has 0 spiro atoms. The minimum atomic E-state index is -0.879. The van der Waals surface area contributed by atoms with E-state index < -0.39 is 11.9 Å². The van der Waals surface area contributed by atoms with Gasteiger partial charge >= 0.3 is 5.97 Å². The van der Waals surface area contributed by atoms with E-state index in [1.807, 2.05) is 39.0 Å². The molecule has 0 heterocycles. The van der Waals surface area contributed by atoms with Gasteiger partial charge in [0.05, 0.1) is 5.92 Å². The van der Waals surface area contributed by atoms with Crippen LogP contribution < -0.4 is 0 Å². The summed E-state index contributed by atoms with van der Waals surface area (Å²) in [4.78, 5) is 25.3. The van der Waals surface area contributed by atoms with Gasteiger partial charge in [0.15, 0.2) is 0 Å². The summed E-state index contributed by atoms with van der Waals surface area (Å²) in [6.45, 7) is 7.73. The maximum absolute atomic E-state index is 12.6. The first-order valence-corrected chi connectivity index (χ1v) is 6.97. The summed E-state index contributed by atoms with van der Waals surface area (Å²) in [6.07, 6.45) is 0.796. The normalized spacial score (nSPS) is 13.6. The van der Waals surface area contributed by atoms with Crippen molar-refractivity contribution in [1.29, 1.82) is 0 Å². The van der Waals surface area contributed by atoms with Crippen LogP contribution in [-0.4, -0.2) is 34.5 Å². The molecule has 0 radical (unpaired) electrons. The Hall–Kier alpha value is -1.84. The van der Waals surface area contributed by atoms with Crippen LogP contribution in [0.4, 0.5) is 0 Å². The molecule has 2 unspecified atom stereocenters. The van der Waals surface area contributed by atoms with Crippen LogP contribution in [0.3, 0.4) is 0 Å². The molecule has 2 atom stereocenters. The van der Waals surface area contributed by atoms with E-state index in [0.29, 0.717) is 5.56 Å². The Bertz CT molecular complexity index is 484. The zero-order chi connectivity index (χ0) is 15.3. The third-order valence-electron chi connectivity index (χ3n) is 3.54. The molecule has 0 saturated carbocycles. The Labute approximate surface area is 120 Å². The standard InChI is InChI=1S/C16H23NO3/c1-5-13(4)17(10-12(3)16(19)20)15(18)14-8-6-7-11(2)9-14/h6-9,12-13H,5,10H2,1-4H3,(H,19,20). The van der Waals surface area contributed by atoms with Gasteiger partial charge in [-0.15, -0.1) is 0 Å². The van der Waals surface area contributed by atoms with Crippen molar-refractivity contribution in [3.05, 3.63) is 35.4 Å². The van der Waals surface area contributed by atoms with Crippen molar-refractivity contribution in [3.8, 4) is 0 Å². The number of nitrogens with zero attached hydrogens (tertiary/aromatic N) is 1. The fourth-order valence-corrected chi connectivity index (χ4v) is 2.00. The fourth-order valence-electron chi connectivity index (χ4n) is 2.00. The molecule has 0 aliphatic heterocycles. The van der Waals surface area contributed by atoms with Crippen molar-refractivity contribution >= 4 is 11.9 Å². The number of aliphatic carboxylic acids is 1. The van der Waals surface area contributed by atoms with Gasteiger partial charge in [0.2, 0.25) is 0 Å². The third-order valence-corrected chi connectivity index (χ3v) is 3.54. The van der Waals surface area contributed by atoms with Crippen molar-refractivity contribution < 1.29 is 14.7 Å². The van der Waals surface area contributed by atoms with Gasteiger partial charge in [0.1, 0.15) is 0 Å². The lowest BCUT2D eigenvalue weighted by Crippen LogP contribution is -2.42. The molecule has 0 bridgehead atoms. The zero-order valence-corrected chi connectivity index (χ0v) is 12.6. The predicted molar refractivity (Wildman–Crippen MR) is 78.8 cm³/mol. The van der Waals surface area contributed by atoms with E-state index in [9.17, 15) is 9.59 Å². The molecule has 20 heavy (non-hydrogen) atoms. The first-order chi connectivity index (χ1) is 9.36. The first-order valence-electron chi connectivity index (χ1n) is 6.97. The smallest absolute Gasteiger partial charge is 0.308 e. The second-order valence-electron chi connectivity index (χ2n) is 5.32. The van der Waals surface area contributed by atoms with E-state index in [4.69, 9.17) is 5.11 Å². The highest BCUT2D eigenvalue weighted by molar-refractivity contribution is 5.94. The van der Waals surface area contributed by atoms with E-state index in [2.05, 4.69) is 0 Å². The van der Waals surface area contributed by atoms with Crippen molar-refractivity contribution in [2.45, 2.75) is 40.2 Å². The highest BCUT2D eigenvalue weighted by atomic mass is 16.4. The lowest BCUT2D eigenvalue weighted by molar-refractivity contribution is -0.141. The zero-order valence-electron chi connectivity index (χ0n) is 12.6. The molecule has 0 saturated heterocycles. The van der Waals surface area contributed by atoms with Crippen molar-refractivity contribution in [1.82, 2.24) is 4.90 Å². The largest absolute Gasteiger partial charge is 0.481 e. The quantitative estimate of drug-likeness (QED) is 0.869.